The van der Waals surface area contributed by atoms with E-state index in [9.17, 15) is 0 Å². The molecule has 0 amide bonds. The molecule has 0 heterocycles. The second-order valence-electron chi connectivity index (χ2n) is 4.85. The van der Waals surface area contributed by atoms with E-state index in [1.807, 2.05) is 0 Å². The summed E-state index contributed by atoms with van der Waals surface area (Å²) in [5.41, 5.74) is 11.8. The van der Waals surface area contributed by atoms with Crippen molar-refractivity contribution in [2.45, 2.75) is 57.8 Å². The Morgan fingerprint density at radius 2 is 1.29 bits per heavy atom. The van der Waals surface area contributed by atoms with Gasteiger partial charge in [0.1, 0.15) is 0 Å². The first-order chi connectivity index (χ1) is 6.83. The summed E-state index contributed by atoms with van der Waals surface area (Å²) in [6.07, 6.45) is 12.2. The van der Waals surface area contributed by atoms with E-state index in [0.717, 1.165) is 13.1 Å². The third-order valence-electron chi connectivity index (χ3n) is 3.74. The molecule has 0 aliphatic heterocycles. The predicted molar refractivity (Wildman–Crippen MR) is 62.1 cm³/mol. The van der Waals surface area contributed by atoms with Crippen LogP contribution in [-0.4, -0.2) is 13.1 Å². The lowest BCUT2D eigenvalue weighted by Crippen LogP contribution is -2.26. The van der Waals surface area contributed by atoms with Gasteiger partial charge >= 0.3 is 0 Å². The largest absolute Gasteiger partial charge is 0.330 e. The third-order valence-corrected chi connectivity index (χ3v) is 3.74. The maximum Gasteiger partial charge on any atom is -0.00771 e. The summed E-state index contributed by atoms with van der Waals surface area (Å²) in [6.45, 7) is 1.70. The maximum absolute atomic E-state index is 5.61. The molecule has 1 aliphatic rings. The van der Waals surface area contributed by atoms with Crippen LogP contribution in [0.5, 0.6) is 0 Å². The van der Waals surface area contributed by atoms with Gasteiger partial charge in [0, 0.05) is 0 Å². The Morgan fingerprint density at radius 1 is 0.786 bits per heavy atom. The molecule has 1 rings (SSSR count). The Hall–Kier alpha value is -0.0800. The van der Waals surface area contributed by atoms with Crippen molar-refractivity contribution in [1.29, 1.82) is 0 Å². The highest BCUT2D eigenvalue weighted by Crippen LogP contribution is 2.43. The minimum Gasteiger partial charge on any atom is -0.330 e. The second-order valence-corrected chi connectivity index (χ2v) is 4.85. The third kappa shape index (κ3) is 3.58. The average Bonchev–Trinajstić information content (AvgIpc) is 2.25. The lowest BCUT2D eigenvalue weighted by Gasteiger charge is -2.37. The molecule has 1 aliphatic carbocycles. The highest BCUT2D eigenvalue weighted by atomic mass is 14.5. The monoisotopic (exact) mass is 198 g/mol. The average molecular weight is 198 g/mol. The van der Waals surface area contributed by atoms with E-state index in [4.69, 9.17) is 11.5 Å². The van der Waals surface area contributed by atoms with Crippen molar-refractivity contribution in [2.75, 3.05) is 13.1 Å². The van der Waals surface area contributed by atoms with E-state index >= 15 is 0 Å². The molecule has 84 valence electrons. The summed E-state index contributed by atoms with van der Waals surface area (Å²) in [5.74, 6) is 0. The molecule has 2 nitrogen and oxygen atoms in total. The fraction of sp³-hybridized carbons (Fsp3) is 1.00. The normalized spacial score (nSPS) is 21.0. The van der Waals surface area contributed by atoms with Crippen LogP contribution >= 0.6 is 0 Å². The van der Waals surface area contributed by atoms with Gasteiger partial charge in [-0.1, -0.05) is 19.3 Å². The van der Waals surface area contributed by atoms with E-state index in [1.165, 1.54) is 57.8 Å². The molecular weight excluding hydrogens is 172 g/mol. The maximum atomic E-state index is 5.61. The van der Waals surface area contributed by atoms with Crippen LogP contribution in [0.2, 0.25) is 0 Å². The van der Waals surface area contributed by atoms with Crippen LogP contribution in [0.3, 0.4) is 0 Å². The van der Waals surface area contributed by atoms with Gasteiger partial charge < -0.3 is 11.5 Å². The van der Waals surface area contributed by atoms with Crippen LogP contribution in [0.1, 0.15) is 57.8 Å². The molecule has 0 spiro atoms. The van der Waals surface area contributed by atoms with Crippen molar-refractivity contribution >= 4 is 0 Å². The molecule has 0 unspecified atom stereocenters. The Balaban J connectivity index is 2.39. The van der Waals surface area contributed by atoms with Gasteiger partial charge in [-0.05, 0) is 57.0 Å². The molecule has 4 N–H and O–H groups in total. The van der Waals surface area contributed by atoms with Gasteiger partial charge in [-0.2, -0.15) is 0 Å². The Bertz CT molecular complexity index is 129. The summed E-state index contributed by atoms with van der Waals surface area (Å²) < 4.78 is 0. The number of hydrogen-bond donors (Lipinski definition) is 2. The first-order valence-electron chi connectivity index (χ1n) is 6.23. The zero-order valence-corrected chi connectivity index (χ0v) is 9.43. The Kier molecular flexibility index (Phi) is 5.49. The van der Waals surface area contributed by atoms with E-state index < -0.39 is 0 Å². The highest BCUT2D eigenvalue weighted by Gasteiger charge is 2.30. The molecule has 0 atom stereocenters. The van der Waals surface area contributed by atoms with Crippen LogP contribution in [0, 0.1) is 5.41 Å². The zero-order chi connectivity index (χ0) is 10.3. The summed E-state index contributed by atoms with van der Waals surface area (Å²) in [7, 11) is 0. The molecule has 0 radical (unpaired) electrons. The molecule has 1 fully saturated rings. The second kappa shape index (κ2) is 6.41. The molecule has 2 heteroatoms. The summed E-state index contributed by atoms with van der Waals surface area (Å²) >= 11 is 0. The molecule has 0 bridgehead atoms. The number of hydrogen-bond acceptors (Lipinski definition) is 2. The minimum absolute atomic E-state index is 0.622. The topological polar surface area (TPSA) is 52.0 Å². The van der Waals surface area contributed by atoms with E-state index in [1.54, 1.807) is 0 Å². The number of rotatable bonds is 6. The highest BCUT2D eigenvalue weighted by molar-refractivity contribution is 4.83. The van der Waals surface area contributed by atoms with Gasteiger partial charge in [-0.3, -0.25) is 0 Å². The van der Waals surface area contributed by atoms with Gasteiger partial charge in [0.2, 0.25) is 0 Å². The van der Waals surface area contributed by atoms with Crippen LogP contribution < -0.4 is 11.5 Å². The van der Waals surface area contributed by atoms with Crippen molar-refractivity contribution in [3.63, 3.8) is 0 Å². The van der Waals surface area contributed by atoms with Crippen LogP contribution in [-0.2, 0) is 0 Å². The van der Waals surface area contributed by atoms with Crippen molar-refractivity contribution in [3.05, 3.63) is 0 Å². The summed E-state index contributed by atoms with van der Waals surface area (Å²) in [4.78, 5) is 0. The van der Waals surface area contributed by atoms with Crippen molar-refractivity contribution in [2.24, 2.45) is 16.9 Å². The molecule has 0 aromatic carbocycles. The fourth-order valence-electron chi connectivity index (χ4n) is 2.88. The first-order valence-corrected chi connectivity index (χ1v) is 6.23. The van der Waals surface area contributed by atoms with Crippen LogP contribution in [0.15, 0.2) is 0 Å². The Labute approximate surface area is 88.4 Å². The minimum atomic E-state index is 0.622. The first kappa shape index (κ1) is 12.0. The smallest absolute Gasteiger partial charge is 0.00771 e. The molecule has 14 heavy (non-hydrogen) atoms. The van der Waals surface area contributed by atoms with Gasteiger partial charge in [0.25, 0.3) is 0 Å². The fourth-order valence-corrected chi connectivity index (χ4v) is 2.88. The molecule has 0 saturated heterocycles. The van der Waals surface area contributed by atoms with Crippen LogP contribution in [0.4, 0.5) is 0 Å². The standard InChI is InChI=1S/C12H26N2/c13-10-4-8-12(9-5-11-14)6-2-1-3-7-12/h1-11,13-14H2. The van der Waals surface area contributed by atoms with Crippen molar-refractivity contribution in [1.82, 2.24) is 0 Å². The zero-order valence-electron chi connectivity index (χ0n) is 9.43. The summed E-state index contributed by atoms with van der Waals surface area (Å²) in [5, 5.41) is 0. The van der Waals surface area contributed by atoms with Gasteiger partial charge in [0.05, 0.1) is 0 Å². The predicted octanol–water partition coefficient (Wildman–Crippen LogP) is 2.41. The van der Waals surface area contributed by atoms with Gasteiger partial charge in [-0.25, -0.2) is 0 Å². The van der Waals surface area contributed by atoms with E-state index in [2.05, 4.69) is 0 Å². The molecule has 0 aromatic heterocycles. The molecule has 1 saturated carbocycles. The number of nitrogens with two attached hydrogens (primary N) is 2. The lowest BCUT2D eigenvalue weighted by molar-refractivity contribution is 0.151. The van der Waals surface area contributed by atoms with Crippen LogP contribution in [0.25, 0.3) is 0 Å². The summed E-state index contributed by atoms with van der Waals surface area (Å²) in [6, 6.07) is 0. The lowest BCUT2D eigenvalue weighted by atomic mass is 9.68. The quantitative estimate of drug-likeness (QED) is 0.688. The van der Waals surface area contributed by atoms with Crippen molar-refractivity contribution in [3.8, 4) is 0 Å². The SMILES string of the molecule is NCCCC1(CCCN)CCCCC1. The molecular formula is C12H26N2. The van der Waals surface area contributed by atoms with E-state index in [0.29, 0.717) is 5.41 Å². The van der Waals surface area contributed by atoms with E-state index in [-0.39, 0.29) is 0 Å². The van der Waals surface area contributed by atoms with Gasteiger partial charge in [0.15, 0.2) is 0 Å². The van der Waals surface area contributed by atoms with Crippen molar-refractivity contribution < 1.29 is 0 Å². The molecule has 0 aromatic rings. The Morgan fingerprint density at radius 3 is 1.71 bits per heavy atom. The van der Waals surface area contributed by atoms with Gasteiger partial charge in [-0.15, -0.1) is 0 Å².